The van der Waals surface area contributed by atoms with Gasteiger partial charge in [0, 0.05) is 0 Å². The van der Waals surface area contributed by atoms with E-state index >= 15 is 0 Å². The van der Waals surface area contributed by atoms with Crippen LogP contribution < -0.4 is 0 Å². The third-order valence-corrected chi connectivity index (χ3v) is 4.55. The van der Waals surface area contributed by atoms with E-state index in [-0.39, 0.29) is 17.1 Å². The van der Waals surface area contributed by atoms with Crippen LogP contribution >= 0.6 is 0 Å². The Labute approximate surface area is 99.6 Å². The summed E-state index contributed by atoms with van der Waals surface area (Å²) < 4.78 is 23.3. The maximum absolute atomic E-state index is 11.7. The van der Waals surface area contributed by atoms with Crippen molar-refractivity contribution in [2.75, 3.05) is 0 Å². The first-order valence-electron chi connectivity index (χ1n) is 5.01. The summed E-state index contributed by atoms with van der Waals surface area (Å²) in [5.41, 5.74) is 0.0651. The molecule has 1 rings (SSSR count). The third kappa shape index (κ3) is 3.20. The topological polar surface area (TPSA) is 91.7 Å². The summed E-state index contributed by atoms with van der Waals surface area (Å²) in [4.78, 5) is 10.8. The Bertz CT molecular complexity index is 531. The van der Waals surface area contributed by atoms with Gasteiger partial charge < -0.3 is 10.2 Å². The van der Waals surface area contributed by atoms with Crippen LogP contribution in [-0.4, -0.2) is 29.9 Å². The summed E-state index contributed by atoms with van der Waals surface area (Å²) in [6.45, 7) is 3.13. The summed E-state index contributed by atoms with van der Waals surface area (Å²) in [7, 11) is -3.28. The van der Waals surface area contributed by atoms with Crippen molar-refractivity contribution >= 4 is 15.8 Å². The van der Waals surface area contributed by atoms with Crippen molar-refractivity contribution in [3.8, 4) is 5.75 Å². The van der Waals surface area contributed by atoms with Gasteiger partial charge in [-0.1, -0.05) is 6.07 Å². The molecular weight excluding hydrogens is 244 g/mol. The number of hydrogen-bond acceptors (Lipinski definition) is 4. The first-order chi connectivity index (χ1) is 7.74. The molecule has 17 heavy (non-hydrogen) atoms. The number of carboxylic acid groups (broad SMARTS) is 1. The van der Waals surface area contributed by atoms with Crippen LogP contribution in [0, 0.1) is 0 Å². The quantitative estimate of drug-likeness (QED) is 0.852. The van der Waals surface area contributed by atoms with Gasteiger partial charge in [-0.2, -0.15) is 0 Å². The minimum atomic E-state index is -3.28. The number of phenols is 1. The number of rotatable bonds is 4. The van der Waals surface area contributed by atoms with Crippen LogP contribution in [0.4, 0.5) is 0 Å². The van der Waals surface area contributed by atoms with E-state index in [1.54, 1.807) is 13.8 Å². The highest BCUT2D eigenvalue weighted by Crippen LogP contribution is 2.20. The van der Waals surface area contributed by atoms with Crippen LogP contribution in [0.15, 0.2) is 18.2 Å². The molecule has 0 aliphatic carbocycles. The van der Waals surface area contributed by atoms with Gasteiger partial charge in [0.15, 0.2) is 9.84 Å². The summed E-state index contributed by atoms with van der Waals surface area (Å²) in [6.07, 6.45) is 0. The maximum Gasteiger partial charge on any atom is 0.339 e. The lowest BCUT2D eigenvalue weighted by molar-refractivity contribution is 0.0693. The number of carboxylic acids is 1. The Balaban J connectivity index is 3.10. The Kier molecular flexibility index (Phi) is 3.77. The molecule has 0 radical (unpaired) electrons. The molecule has 0 atom stereocenters. The molecule has 0 fully saturated rings. The predicted octanol–water partition coefficient (Wildman–Crippen LogP) is 1.41. The predicted molar refractivity (Wildman–Crippen MR) is 62.8 cm³/mol. The molecule has 0 unspecified atom stereocenters. The van der Waals surface area contributed by atoms with E-state index < -0.39 is 21.1 Å². The Morgan fingerprint density at radius 1 is 1.35 bits per heavy atom. The molecule has 0 saturated carbocycles. The van der Waals surface area contributed by atoms with Crippen molar-refractivity contribution in [2.45, 2.75) is 24.9 Å². The lowest BCUT2D eigenvalue weighted by Gasteiger charge is -2.08. The standard InChI is InChI=1S/C11H14O5S/c1-7(2)17(15,16)6-8-3-4-10(12)9(5-8)11(13)14/h3-5,7,12H,6H2,1-2H3,(H,13,14). The van der Waals surface area contributed by atoms with Crippen molar-refractivity contribution in [2.24, 2.45) is 0 Å². The van der Waals surface area contributed by atoms with Crippen molar-refractivity contribution in [3.63, 3.8) is 0 Å². The highest BCUT2D eigenvalue weighted by molar-refractivity contribution is 7.91. The van der Waals surface area contributed by atoms with Gasteiger partial charge in [-0.05, 0) is 31.5 Å². The largest absolute Gasteiger partial charge is 0.507 e. The average molecular weight is 258 g/mol. The third-order valence-electron chi connectivity index (χ3n) is 2.38. The first kappa shape index (κ1) is 13.5. The number of hydrogen-bond donors (Lipinski definition) is 2. The summed E-state index contributed by atoms with van der Waals surface area (Å²) in [6, 6.07) is 3.77. The van der Waals surface area contributed by atoms with Crippen molar-refractivity contribution in [3.05, 3.63) is 29.3 Å². The number of sulfone groups is 1. The molecular formula is C11H14O5S. The molecule has 94 valence electrons. The molecule has 1 aromatic carbocycles. The van der Waals surface area contributed by atoms with Crippen molar-refractivity contribution < 1.29 is 23.4 Å². The van der Waals surface area contributed by atoms with E-state index in [4.69, 9.17) is 5.11 Å². The molecule has 0 amide bonds. The number of benzene rings is 1. The van der Waals surface area contributed by atoms with Gasteiger partial charge >= 0.3 is 5.97 Å². The summed E-state index contributed by atoms with van der Waals surface area (Å²) in [5.74, 6) is -1.89. The van der Waals surface area contributed by atoms with E-state index in [1.165, 1.54) is 18.2 Å². The van der Waals surface area contributed by atoms with E-state index in [9.17, 15) is 18.3 Å². The van der Waals surface area contributed by atoms with Crippen LogP contribution in [0.5, 0.6) is 5.75 Å². The zero-order valence-electron chi connectivity index (χ0n) is 9.54. The second-order valence-corrected chi connectivity index (χ2v) is 6.57. The van der Waals surface area contributed by atoms with Gasteiger partial charge in [-0.25, -0.2) is 13.2 Å². The van der Waals surface area contributed by atoms with Gasteiger partial charge in [0.05, 0.1) is 11.0 Å². The van der Waals surface area contributed by atoms with Crippen LogP contribution in [0.2, 0.25) is 0 Å². The Morgan fingerprint density at radius 2 is 1.94 bits per heavy atom. The molecule has 2 N–H and O–H groups in total. The molecule has 0 aliphatic heterocycles. The van der Waals surface area contributed by atoms with Gasteiger partial charge in [-0.15, -0.1) is 0 Å². The van der Waals surface area contributed by atoms with Gasteiger partial charge in [0.1, 0.15) is 11.3 Å². The fourth-order valence-electron chi connectivity index (χ4n) is 1.24. The van der Waals surface area contributed by atoms with Crippen LogP contribution in [0.1, 0.15) is 29.8 Å². The SMILES string of the molecule is CC(C)S(=O)(=O)Cc1ccc(O)c(C(=O)O)c1. The van der Waals surface area contributed by atoms with Crippen molar-refractivity contribution in [1.82, 2.24) is 0 Å². The molecule has 1 aromatic rings. The normalized spacial score (nSPS) is 11.7. The zero-order chi connectivity index (χ0) is 13.2. The summed E-state index contributed by atoms with van der Waals surface area (Å²) in [5, 5.41) is 17.5. The molecule has 6 heteroatoms. The minimum absolute atomic E-state index is 0.231. The lowest BCUT2D eigenvalue weighted by atomic mass is 10.1. The molecule has 0 saturated heterocycles. The van der Waals surface area contributed by atoms with E-state index in [0.29, 0.717) is 5.56 Å². The molecule has 0 aliphatic rings. The first-order valence-corrected chi connectivity index (χ1v) is 6.72. The van der Waals surface area contributed by atoms with E-state index in [2.05, 4.69) is 0 Å². The Hall–Kier alpha value is -1.56. The van der Waals surface area contributed by atoms with E-state index in [0.717, 1.165) is 0 Å². The average Bonchev–Trinajstić information content (AvgIpc) is 2.20. The van der Waals surface area contributed by atoms with E-state index in [1.807, 2.05) is 0 Å². The maximum atomic E-state index is 11.7. The molecule has 0 aromatic heterocycles. The van der Waals surface area contributed by atoms with Crippen LogP contribution in [0.3, 0.4) is 0 Å². The number of aromatic carboxylic acids is 1. The minimum Gasteiger partial charge on any atom is -0.507 e. The molecule has 0 heterocycles. The van der Waals surface area contributed by atoms with Gasteiger partial charge in [0.2, 0.25) is 0 Å². The molecule has 0 bridgehead atoms. The second kappa shape index (κ2) is 4.75. The smallest absolute Gasteiger partial charge is 0.339 e. The highest BCUT2D eigenvalue weighted by atomic mass is 32.2. The van der Waals surface area contributed by atoms with Crippen molar-refractivity contribution in [1.29, 1.82) is 0 Å². The number of carbonyl (C=O) groups is 1. The monoisotopic (exact) mass is 258 g/mol. The number of aromatic hydroxyl groups is 1. The summed E-state index contributed by atoms with van der Waals surface area (Å²) >= 11 is 0. The van der Waals surface area contributed by atoms with Gasteiger partial charge in [-0.3, -0.25) is 0 Å². The molecule has 0 spiro atoms. The molecule has 5 nitrogen and oxygen atoms in total. The fraction of sp³-hybridized carbons (Fsp3) is 0.364. The fourth-order valence-corrected chi connectivity index (χ4v) is 2.22. The second-order valence-electron chi connectivity index (χ2n) is 4.01. The van der Waals surface area contributed by atoms with Gasteiger partial charge in [0.25, 0.3) is 0 Å². The van der Waals surface area contributed by atoms with Crippen LogP contribution in [-0.2, 0) is 15.6 Å². The zero-order valence-corrected chi connectivity index (χ0v) is 10.4. The lowest BCUT2D eigenvalue weighted by Crippen LogP contribution is -2.16. The van der Waals surface area contributed by atoms with Crippen LogP contribution in [0.25, 0.3) is 0 Å². The highest BCUT2D eigenvalue weighted by Gasteiger charge is 2.18. The Morgan fingerprint density at radius 3 is 2.41 bits per heavy atom.